The van der Waals surface area contributed by atoms with Gasteiger partial charge in [0.15, 0.2) is 0 Å². The number of carbonyl (C=O) groups is 4. The number of carbonyl (C=O) groups excluding carboxylic acids is 4. The highest BCUT2D eigenvalue weighted by atomic mass is 35.5. The monoisotopic (exact) mass is 566 g/mol. The molecule has 1 saturated heterocycles. The van der Waals surface area contributed by atoms with Gasteiger partial charge in [-0.15, -0.1) is 0 Å². The summed E-state index contributed by atoms with van der Waals surface area (Å²) in [5.41, 5.74) is 3.53. The number of rotatable bonds is 7. The second-order valence-corrected chi connectivity index (χ2v) is 9.04. The van der Waals surface area contributed by atoms with Gasteiger partial charge < -0.3 is 29.6 Å². The first-order valence-corrected chi connectivity index (χ1v) is 12.7. The Bertz CT molecular complexity index is 1420. The summed E-state index contributed by atoms with van der Waals surface area (Å²) < 4.78 is 10.9. The van der Waals surface area contributed by atoms with E-state index in [0.29, 0.717) is 42.6 Å². The van der Waals surface area contributed by atoms with E-state index in [1.807, 2.05) is 24.3 Å². The molecule has 1 aliphatic heterocycles. The van der Waals surface area contributed by atoms with Gasteiger partial charge in [-0.2, -0.15) is 5.10 Å². The molecule has 0 bridgehead atoms. The van der Waals surface area contributed by atoms with Crippen molar-refractivity contribution in [1.29, 1.82) is 0 Å². The summed E-state index contributed by atoms with van der Waals surface area (Å²) in [5, 5.41) is 9.08. The van der Waals surface area contributed by atoms with Crippen molar-refractivity contribution in [2.45, 2.75) is 6.54 Å². The molecule has 1 aliphatic rings. The van der Waals surface area contributed by atoms with E-state index in [1.165, 1.54) is 17.2 Å². The van der Waals surface area contributed by atoms with Gasteiger partial charge in [0.1, 0.15) is 17.3 Å². The van der Waals surface area contributed by atoms with Crippen LogP contribution in [-0.4, -0.2) is 68.0 Å². The highest BCUT2D eigenvalue weighted by molar-refractivity contribution is 6.39. The molecule has 0 spiro atoms. The maximum atomic E-state index is 12.5. The molecule has 0 atom stereocenters. The molecule has 1 aromatic heterocycles. The number of furan rings is 1. The fraction of sp³-hybridized carbons (Fsp3) is 0.222. The zero-order valence-electron chi connectivity index (χ0n) is 21.6. The van der Waals surface area contributed by atoms with Crippen molar-refractivity contribution in [1.82, 2.24) is 15.6 Å². The fourth-order valence-electron chi connectivity index (χ4n) is 3.95. The van der Waals surface area contributed by atoms with Gasteiger partial charge in [0.2, 0.25) is 0 Å². The maximum Gasteiger partial charge on any atom is 0.329 e. The number of para-hydroxylation sites is 2. The SMILES string of the molecule is COc1ccccc1N1CCN(C(=O)C(=O)N/N=C/c2ccc(CNC(=O)C(=O)Nc3cccc(Cl)c3)o2)CC1. The van der Waals surface area contributed by atoms with Gasteiger partial charge in [-0.1, -0.05) is 29.8 Å². The molecule has 4 rings (SSSR count). The average molecular weight is 567 g/mol. The van der Waals surface area contributed by atoms with Crippen LogP contribution in [-0.2, 0) is 25.7 Å². The van der Waals surface area contributed by atoms with Crippen LogP contribution in [0.15, 0.2) is 70.2 Å². The van der Waals surface area contributed by atoms with Gasteiger partial charge in [0.05, 0.1) is 25.6 Å². The maximum absolute atomic E-state index is 12.5. The Morgan fingerprint density at radius 2 is 1.75 bits per heavy atom. The Balaban J connectivity index is 1.19. The highest BCUT2D eigenvalue weighted by Crippen LogP contribution is 2.28. The number of anilines is 2. The number of ether oxygens (including phenoxy) is 1. The van der Waals surface area contributed by atoms with Crippen LogP contribution in [0.4, 0.5) is 11.4 Å². The lowest BCUT2D eigenvalue weighted by molar-refractivity contribution is -0.146. The smallest absolute Gasteiger partial charge is 0.329 e. The van der Waals surface area contributed by atoms with E-state index in [9.17, 15) is 19.2 Å². The third-order valence-corrected chi connectivity index (χ3v) is 6.17. The van der Waals surface area contributed by atoms with Crippen LogP contribution < -0.4 is 25.7 Å². The number of hydrogen-bond acceptors (Lipinski definition) is 8. The van der Waals surface area contributed by atoms with E-state index in [1.54, 1.807) is 37.4 Å². The predicted octanol–water partition coefficient (Wildman–Crippen LogP) is 2.00. The molecule has 2 heterocycles. The largest absolute Gasteiger partial charge is 0.495 e. The van der Waals surface area contributed by atoms with Crippen molar-refractivity contribution < 1.29 is 28.3 Å². The first-order valence-electron chi connectivity index (χ1n) is 12.3. The Morgan fingerprint density at radius 3 is 2.50 bits per heavy atom. The van der Waals surface area contributed by atoms with Crippen LogP contribution in [0.1, 0.15) is 11.5 Å². The van der Waals surface area contributed by atoms with E-state index in [0.717, 1.165) is 11.4 Å². The van der Waals surface area contributed by atoms with Gasteiger partial charge in [-0.25, -0.2) is 5.43 Å². The molecule has 40 heavy (non-hydrogen) atoms. The number of nitrogens with one attached hydrogen (secondary N) is 3. The van der Waals surface area contributed by atoms with E-state index >= 15 is 0 Å². The van der Waals surface area contributed by atoms with Crippen LogP contribution in [0.3, 0.4) is 0 Å². The van der Waals surface area contributed by atoms with Crippen LogP contribution >= 0.6 is 11.6 Å². The normalized spacial score (nSPS) is 13.2. The van der Waals surface area contributed by atoms with Crippen molar-refractivity contribution in [3.63, 3.8) is 0 Å². The standard InChI is InChI=1S/C27H27ClN6O6/c1-39-23-8-3-2-7-22(23)33-11-13-34(14-12-33)27(38)26(37)32-30-17-21-10-9-20(40-21)16-29-24(35)25(36)31-19-6-4-5-18(28)15-19/h2-10,15,17H,11-14,16H2,1H3,(H,29,35)(H,31,36)(H,32,37)/b30-17+. The topological polar surface area (TPSA) is 146 Å². The lowest BCUT2D eigenvalue weighted by atomic mass is 10.2. The van der Waals surface area contributed by atoms with Crippen LogP contribution in [0.5, 0.6) is 5.75 Å². The highest BCUT2D eigenvalue weighted by Gasteiger charge is 2.27. The van der Waals surface area contributed by atoms with Crippen molar-refractivity contribution in [3.05, 3.63) is 77.2 Å². The van der Waals surface area contributed by atoms with Crippen molar-refractivity contribution in [3.8, 4) is 5.75 Å². The second-order valence-electron chi connectivity index (χ2n) is 8.60. The van der Waals surface area contributed by atoms with Gasteiger partial charge in [0, 0.05) is 36.9 Å². The predicted molar refractivity (Wildman–Crippen MR) is 148 cm³/mol. The summed E-state index contributed by atoms with van der Waals surface area (Å²) in [6.07, 6.45) is 1.22. The molecule has 0 unspecified atom stereocenters. The number of hydrogen-bond donors (Lipinski definition) is 3. The summed E-state index contributed by atoms with van der Waals surface area (Å²) in [7, 11) is 1.61. The molecule has 0 aliphatic carbocycles. The summed E-state index contributed by atoms with van der Waals surface area (Å²) in [6.45, 7) is 1.80. The molecular formula is C27H27ClN6O6. The number of hydrazone groups is 1. The van der Waals surface area contributed by atoms with Crippen molar-refractivity contribution in [2.75, 3.05) is 43.5 Å². The van der Waals surface area contributed by atoms with Crippen LogP contribution in [0.2, 0.25) is 5.02 Å². The Kier molecular flexibility index (Phi) is 9.36. The number of piperazine rings is 1. The lowest BCUT2D eigenvalue weighted by Crippen LogP contribution is -2.52. The van der Waals surface area contributed by atoms with Crippen LogP contribution in [0, 0.1) is 0 Å². The molecule has 208 valence electrons. The number of amides is 4. The Hall–Kier alpha value is -4.84. The first-order chi connectivity index (χ1) is 19.3. The van der Waals surface area contributed by atoms with Gasteiger partial charge in [-0.3, -0.25) is 19.2 Å². The minimum atomic E-state index is -0.869. The third kappa shape index (κ3) is 7.38. The summed E-state index contributed by atoms with van der Waals surface area (Å²) in [6, 6.07) is 17.2. The van der Waals surface area contributed by atoms with E-state index in [-0.39, 0.29) is 12.3 Å². The van der Waals surface area contributed by atoms with E-state index < -0.39 is 23.6 Å². The first kappa shape index (κ1) is 28.2. The third-order valence-electron chi connectivity index (χ3n) is 5.94. The number of halogens is 1. The zero-order valence-corrected chi connectivity index (χ0v) is 22.3. The number of benzene rings is 2. The molecular weight excluding hydrogens is 540 g/mol. The number of methoxy groups -OCH3 is 1. The van der Waals surface area contributed by atoms with E-state index in [2.05, 4.69) is 26.1 Å². The minimum absolute atomic E-state index is 0.0542. The molecule has 3 N–H and O–H groups in total. The molecule has 1 fully saturated rings. The summed E-state index contributed by atoms with van der Waals surface area (Å²) >= 11 is 5.87. The minimum Gasteiger partial charge on any atom is -0.495 e. The molecule has 0 radical (unpaired) electrons. The van der Waals surface area contributed by atoms with Gasteiger partial charge in [0.25, 0.3) is 0 Å². The summed E-state index contributed by atoms with van der Waals surface area (Å²) in [5.74, 6) is -1.91. The zero-order chi connectivity index (χ0) is 28.5. The average Bonchev–Trinajstić information content (AvgIpc) is 3.43. The molecule has 2 aromatic carbocycles. The quantitative estimate of drug-likeness (QED) is 0.225. The lowest BCUT2D eigenvalue weighted by Gasteiger charge is -2.36. The summed E-state index contributed by atoms with van der Waals surface area (Å²) in [4.78, 5) is 52.5. The van der Waals surface area contributed by atoms with Gasteiger partial charge in [-0.05, 0) is 42.5 Å². The van der Waals surface area contributed by atoms with Crippen molar-refractivity contribution in [2.24, 2.45) is 5.10 Å². The van der Waals surface area contributed by atoms with Gasteiger partial charge >= 0.3 is 23.6 Å². The van der Waals surface area contributed by atoms with Crippen molar-refractivity contribution >= 4 is 52.8 Å². The molecule has 4 amide bonds. The molecule has 13 heteroatoms. The fourth-order valence-corrected chi connectivity index (χ4v) is 4.14. The Labute approximate surface area is 234 Å². The molecule has 12 nitrogen and oxygen atoms in total. The van der Waals surface area contributed by atoms with E-state index in [4.69, 9.17) is 20.8 Å². The Morgan fingerprint density at radius 1 is 0.975 bits per heavy atom. The second kappa shape index (κ2) is 13.3. The number of nitrogens with zero attached hydrogens (tertiary/aromatic N) is 3. The molecule has 3 aromatic rings. The molecule has 0 saturated carbocycles. The van der Waals surface area contributed by atoms with Crippen LogP contribution in [0.25, 0.3) is 0 Å².